The zero-order chi connectivity index (χ0) is 11.9. The standard InChI is InChI=1S/2C8H12.Pt/c1-2-4-6-8-7-5-3-1;1-3-5-7-8-6-4-2;/h1-2,7-8H,3-6H2;3-6H,1-2,7-8H2;/q;-2;+2. The zero-order valence-corrected chi connectivity index (χ0v) is 12.9. The van der Waals surface area contributed by atoms with Crippen LogP contribution in [0.1, 0.15) is 38.5 Å². The third kappa shape index (κ3) is 18.5. The van der Waals surface area contributed by atoms with Gasteiger partial charge >= 0.3 is 21.1 Å². The van der Waals surface area contributed by atoms with E-state index in [2.05, 4.69) is 38.8 Å². The van der Waals surface area contributed by atoms with Gasteiger partial charge in [-0.1, -0.05) is 0 Å². The van der Waals surface area contributed by atoms with E-state index < -0.39 is 0 Å². The van der Waals surface area contributed by atoms with Crippen LogP contribution in [0.2, 0.25) is 0 Å². The second-order valence-corrected chi connectivity index (χ2v) is 3.62. The predicted molar refractivity (Wildman–Crippen MR) is 73.9 cm³/mol. The van der Waals surface area contributed by atoms with Crippen LogP contribution < -0.4 is 0 Å². The van der Waals surface area contributed by atoms with Gasteiger partial charge < -0.3 is 0 Å². The number of hydrogen-bond donors (Lipinski definition) is 0. The van der Waals surface area contributed by atoms with Crippen molar-refractivity contribution in [3.05, 3.63) is 63.8 Å². The Morgan fingerprint density at radius 1 is 0.765 bits per heavy atom. The summed E-state index contributed by atoms with van der Waals surface area (Å²) in [6, 6.07) is 0. The van der Waals surface area contributed by atoms with Crippen LogP contribution in [0.5, 0.6) is 0 Å². The summed E-state index contributed by atoms with van der Waals surface area (Å²) in [5.74, 6) is 0. The molecular weight excluding hydrogens is 387 g/mol. The van der Waals surface area contributed by atoms with E-state index in [0.717, 1.165) is 12.8 Å². The Morgan fingerprint density at radius 3 is 1.29 bits per heavy atom. The Morgan fingerprint density at radius 2 is 1.06 bits per heavy atom. The normalized spacial score (nSPS) is 14.8. The Hall–Kier alpha value is -0.0917. The summed E-state index contributed by atoms with van der Waals surface area (Å²) < 4.78 is 0. The molecule has 0 heterocycles. The van der Waals surface area contributed by atoms with Crippen molar-refractivity contribution in [3.63, 3.8) is 0 Å². The average Bonchev–Trinajstić information content (AvgIpc) is 2.24. The minimum absolute atomic E-state index is 0. The first-order valence-electron chi connectivity index (χ1n) is 6.10. The molecule has 0 aliphatic heterocycles. The fourth-order valence-electron chi connectivity index (χ4n) is 1.28. The van der Waals surface area contributed by atoms with Gasteiger partial charge in [-0.15, -0.1) is 12.8 Å². The molecule has 0 saturated heterocycles. The maximum absolute atomic E-state index is 3.56. The molecule has 0 aromatic heterocycles. The number of unbranched alkanes of at least 4 members (excludes halogenated alkanes) is 3. The summed E-state index contributed by atoms with van der Waals surface area (Å²) in [6.45, 7) is 7.13. The van der Waals surface area contributed by atoms with Gasteiger partial charge in [0, 0.05) is 0 Å². The molecule has 17 heavy (non-hydrogen) atoms. The van der Waals surface area contributed by atoms with E-state index in [4.69, 9.17) is 0 Å². The van der Waals surface area contributed by atoms with Crippen molar-refractivity contribution in [3.8, 4) is 0 Å². The topological polar surface area (TPSA) is 0 Å². The van der Waals surface area contributed by atoms with E-state index in [0.29, 0.717) is 0 Å². The van der Waals surface area contributed by atoms with Crippen LogP contribution >= 0.6 is 0 Å². The molecule has 0 aromatic carbocycles. The molecule has 4 radical (unpaired) electrons. The van der Waals surface area contributed by atoms with E-state index in [-0.39, 0.29) is 21.1 Å². The van der Waals surface area contributed by atoms with Crippen LogP contribution in [0.15, 0.2) is 25.3 Å². The molecule has 1 aliphatic rings. The minimum Gasteiger partial charge on any atom is -0.245 e. The summed E-state index contributed by atoms with van der Waals surface area (Å²) in [5, 5.41) is 0. The van der Waals surface area contributed by atoms with Crippen LogP contribution in [0.4, 0.5) is 0 Å². The molecule has 0 N–H and O–H groups in total. The molecule has 1 fully saturated rings. The summed E-state index contributed by atoms with van der Waals surface area (Å²) in [4.78, 5) is 0. The van der Waals surface area contributed by atoms with Gasteiger partial charge in [0.05, 0.1) is 0 Å². The van der Waals surface area contributed by atoms with Gasteiger partial charge in [0.15, 0.2) is 0 Å². The number of rotatable bonds is 5. The van der Waals surface area contributed by atoms with Crippen molar-refractivity contribution in [1.82, 2.24) is 0 Å². The van der Waals surface area contributed by atoms with Crippen molar-refractivity contribution in [2.45, 2.75) is 38.5 Å². The van der Waals surface area contributed by atoms with E-state index in [1.165, 1.54) is 25.7 Å². The third-order valence-corrected chi connectivity index (χ3v) is 2.17. The second kappa shape index (κ2) is 18.3. The Balaban J connectivity index is 0. The molecule has 1 rings (SSSR count). The van der Waals surface area contributed by atoms with Crippen molar-refractivity contribution >= 4 is 0 Å². The first kappa shape index (κ1) is 19.3. The molecule has 0 nitrogen and oxygen atoms in total. The summed E-state index contributed by atoms with van der Waals surface area (Å²) in [6.07, 6.45) is 23.9. The molecule has 0 spiro atoms. The molecule has 1 aliphatic carbocycles. The molecule has 0 amide bonds. The number of allylic oxidation sites excluding steroid dienone is 2. The van der Waals surface area contributed by atoms with Gasteiger partial charge in [-0.25, -0.2) is 38.2 Å². The largest absolute Gasteiger partial charge is 2.00 e. The van der Waals surface area contributed by atoms with Crippen LogP contribution in [-0.2, 0) is 21.1 Å². The second-order valence-electron chi connectivity index (χ2n) is 3.62. The molecule has 0 aromatic rings. The van der Waals surface area contributed by atoms with Crippen molar-refractivity contribution < 1.29 is 21.1 Å². The summed E-state index contributed by atoms with van der Waals surface area (Å²) in [5.41, 5.74) is 0. The van der Waals surface area contributed by atoms with E-state index in [9.17, 15) is 0 Å². The quantitative estimate of drug-likeness (QED) is 0.445. The molecule has 0 bridgehead atoms. The third-order valence-electron chi connectivity index (χ3n) is 2.17. The summed E-state index contributed by atoms with van der Waals surface area (Å²) in [7, 11) is 0. The molecule has 0 atom stereocenters. The smallest absolute Gasteiger partial charge is 0.245 e. The molecule has 1 heteroatoms. The van der Waals surface area contributed by atoms with Crippen LogP contribution in [-0.4, -0.2) is 0 Å². The van der Waals surface area contributed by atoms with Crippen LogP contribution in [0, 0.1) is 38.5 Å². The van der Waals surface area contributed by atoms with Gasteiger partial charge in [0.2, 0.25) is 0 Å². The first-order chi connectivity index (χ1) is 7.91. The fraction of sp³-hybridized carbons (Fsp3) is 0.375. The van der Waals surface area contributed by atoms with Gasteiger partial charge in [0.25, 0.3) is 0 Å². The maximum Gasteiger partial charge on any atom is 2.00 e. The van der Waals surface area contributed by atoms with Crippen molar-refractivity contribution in [1.29, 1.82) is 0 Å². The monoisotopic (exact) mass is 411 g/mol. The average molecular weight is 411 g/mol. The van der Waals surface area contributed by atoms with Crippen LogP contribution in [0.3, 0.4) is 0 Å². The van der Waals surface area contributed by atoms with Crippen LogP contribution in [0.25, 0.3) is 0 Å². The Kier molecular flexibility index (Phi) is 20.7. The Labute approximate surface area is 123 Å². The van der Waals surface area contributed by atoms with E-state index in [1.807, 2.05) is 25.0 Å². The van der Waals surface area contributed by atoms with Gasteiger partial charge in [0.1, 0.15) is 0 Å². The predicted octanol–water partition coefficient (Wildman–Crippen LogP) is 4.92. The summed E-state index contributed by atoms with van der Waals surface area (Å²) >= 11 is 0. The SMILES string of the molecule is C=C[CH-]CC[CH-]C=C.[CH]1[CH]CC[CH][CH]CC1.[Pt+2]. The van der Waals surface area contributed by atoms with Gasteiger partial charge in [-0.05, 0) is 51.4 Å². The Bertz CT molecular complexity index is 118. The molecule has 1 saturated carbocycles. The van der Waals surface area contributed by atoms with E-state index in [1.54, 1.807) is 0 Å². The number of hydrogen-bond acceptors (Lipinski definition) is 0. The van der Waals surface area contributed by atoms with Gasteiger partial charge in [-0.2, -0.15) is 0 Å². The minimum atomic E-state index is 0. The first-order valence-corrected chi connectivity index (χ1v) is 6.10. The molecular formula is C16H24Pt. The maximum atomic E-state index is 3.56. The van der Waals surface area contributed by atoms with Crippen molar-refractivity contribution in [2.24, 2.45) is 0 Å². The molecule has 98 valence electrons. The fourth-order valence-corrected chi connectivity index (χ4v) is 1.28. The zero-order valence-electron chi connectivity index (χ0n) is 10.6. The van der Waals surface area contributed by atoms with Crippen molar-refractivity contribution in [2.75, 3.05) is 0 Å². The molecule has 0 unspecified atom stereocenters. The van der Waals surface area contributed by atoms with E-state index >= 15 is 0 Å². The van der Waals surface area contributed by atoms with Gasteiger partial charge in [-0.3, -0.25) is 0 Å².